The smallest absolute Gasteiger partial charge is 0.0658 e. The lowest BCUT2D eigenvalue weighted by molar-refractivity contribution is 1.28. The van der Waals surface area contributed by atoms with E-state index in [9.17, 15) is 0 Å². The Hall–Kier alpha value is -2.61. The molecule has 0 aromatic heterocycles. The largest absolute Gasteiger partial charge is 0.399 e. The minimum Gasteiger partial charge on any atom is -0.399 e. The monoisotopic (exact) mass is 292 g/mol. The first kappa shape index (κ1) is 17.4. The number of nitrogens with zero attached hydrogens (tertiary/aromatic N) is 1. The van der Waals surface area contributed by atoms with Crippen molar-refractivity contribution in [3.8, 4) is 0 Å². The molecule has 0 radical (unpaired) electrons. The predicted molar refractivity (Wildman–Crippen MR) is 98.9 cm³/mol. The van der Waals surface area contributed by atoms with Crippen molar-refractivity contribution < 1.29 is 0 Å². The zero-order valence-electron chi connectivity index (χ0n) is 13.4. The molecule has 2 heteroatoms. The van der Waals surface area contributed by atoms with Gasteiger partial charge in [0.05, 0.1) is 5.69 Å². The molecule has 0 aliphatic heterocycles. The molecule has 0 aliphatic rings. The van der Waals surface area contributed by atoms with E-state index in [2.05, 4.69) is 38.1 Å². The number of aryl methyl sites for hydroxylation is 1. The molecule has 0 atom stereocenters. The minimum atomic E-state index is 0.798. The molecular weight excluding hydrogens is 268 g/mol. The summed E-state index contributed by atoms with van der Waals surface area (Å²) >= 11 is 0. The van der Waals surface area contributed by atoms with Crippen LogP contribution in [0.1, 0.15) is 18.1 Å². The molecule has 0 spiro atoms. The summed E-state index contributed by atoms with van der Waals surface area (Å²) in [6.07, 6.45) is 4.13. The van der Waals surface area contributed by atoms with Crippen LogP contribution >= 0.6 is 0 Å². The van der Waals surface area contributed by atoms with Crippen LogP contribution in [0.2, 0.25) is 0 Å². The fraction of sp³-hybridized carbons (Fsp3) is 0.150. The number of rotatable bonds is 4. The van der Waals surface area contributed by atoms with Gasteiger partial charge in [-0.05, 0) is 43.2 Å². The number of para-hydroxylation sites is 1. The molecule has 0 fully saturated rings. The number of aliphatic imine (C=N–C) groups is 1. The SMILES string of the molecule is C=CC=C.CC(Cc1ccc(N)cc1)=Nc1ccccc1C. The lowest BCUT2D eigenvalue weighted by atomic mass is 10.1. The maximum atomic E-state index is 5.67. The number of benzene rings is 2. The third kappa shape index (κ3) is 6.23. The first-order chi connectivity index (χ1) is 10.6. The van der Waals surface area contributed by atoms with Gasteiger partial charge in [-0.3, -0.25) is 4.99 Å². The molecule has 22 heavy (non-hydrogen) atoms. The topological polar surface area (TPSA) is 38.4 Å². The number of nitrogen functional groups attached to an aromatic ring is 1. The second kappa shape index (κ2) is 9.35. The lowest BCUT2D eigenvalue weighted by Gasteiger charge is -2.04. The predicted octanol–water partition coefficient (Wildman–Crippen LogP) is 5.27. The Labute approximate surface area is 133 Å². The van der Waals surface area contributed by atoms with Crippen LogP contribution in [0.5, 0.6) is 0 Å². The molecule has 2 aromatic rings. The lowest BCUT2D eigenvalue weighted by Crippen LogP contribution is -1.97. The first-order valence-electron chi connectivity index (χ1n) is 7.24. The molecule has 2 rings (SSSR count). The summed E-state index contributed by atoms with van der Waals surface area (Å²) in [5.74, 6) is 0. The number of hydrogen-bond donors (Lipinski definition) is 1. The van der Waals surface area contributed by atoms with Gasteiger partial charge in [0, 0.05) is 17.8 Å². The second-order valence-electron chi connectivity index (χ2n) is 5.02. The van der Waals surface area contributed by atoms with Crippen LogP contribution in [-0.4, -0.2) is 5.71 Å². The van der Waals surface area contributed by atoms with Crippen molar-refractivity contribution >= 4 is 17.1 Å². The van der Waals surface area contributed by atoms with E-state index in [4.69, 9.17) is 5.73 Å². The summed E-state index contributed by atoms with van der Waals surface area (Å²) in [6, 6.07) is 16.1. The summed E-state index contributed by atoms with van der Waals surface area (Å²) in [6.45, 7) is 10.9. The summed E-state index contributed by atoms with van der Waals surface area (Å²) in [5.41, 5.74) is 11.1. The fourth-order valence-electron chi connectivity index (χ4n) is 1.86. The molecule has 0 unspecified atom stereocenters. The average Bonchev–Trinajstić information content (AvgIpc) is 2.52. The number of nitrogens with two attached hydrogens (primary N) is 1. The van der Waals surface area contributed by atoms with Gasteiger partial charge in [-0.2, -0.15) is 0 Å². The van der Waals surface area contributed by atoms with E-state index in [1.165, 1.54) is 11.1 Å². The van der Waals surface area contributed by atoms with Crippen LogP contribution in [0.4, 0.5) is 11.4 Å². The zero-order chi connectivity index (χ0) is 16.4. The zero-order valence-corrected chi connectivity index (χ0v) is 13.4. The van der Waals surface area contributed by atoms with E-state index in [1.54, 1.807) is 12.2 Å². The van der Waals surface area contributed by atoms with Gasteiger partial charge in [0.15, 0.2) is 0 Å². The summed E-state index contributed by atoms with van der Waals surface area (Å²) < 4.78 is 0. The van der Waals surface area contributed by atoms with Gasteiger partial charge in [-0.15, -0.1) is 0 Å². The molecule has 0 saturated carbocycles. The molecule has 114 valence electrons. The van der Waals surface area contributed by atoms with Crippen LogP contribution in [0.15, 0.2) is 78.8 Å². The fourth-order valence-corrected chi connectivity index (χ4v) is 1.86. The highest BCUT2D eigenvalue weighted by Gasteiger charge is 1.98. The van der Waals surface area contributed by atoms with Gasteiger partial charge in [-0.1, -0.05) is 55.6 Å². The Balaban J connectivity index is 0.000000541. The third-order valence-electron chi connectivity index (χ3n) is 3.03. The molecule has 2 nitrogen and oxygen atoms in total. The van der Waals surface area contributed by atoms with E-state index < -0.39 is 0 Å². The number of anilines is 1. The molecule has 0 aliphatic carbocycles. The number of hydrogen-bond acceptors (Lipinski definition) is 2. The molecule has 0 heterocycles. The molecule has 0 bridgehead atoms. The average molecular weight is 292 g/mol. The molecule has 0 amide bonds. The van der Waals surface area contributed by atoms with Crippen LogP contribution in [-0.2, 0) is 6.42 Å². The summed E-state index contributed by atoms with van der Waals surface area (Å²) in [4.78, 5) is 4.66. The molecule has 0 saturated heterocycles. The van der Waals surface area contributed by atoms with E-state index in [-0.39, 0.29) is 0 Å². The van der Waals surface area contributed by atoms with Gasteiger partial charge in [0.2, 0.25) is 0 Å². The normalized spacial score (nSPS) is 10.4. The van der Waals surface area contributed by atoms with Crippen LogP contribution < -0.4 is 5.73 Å². The highest BCUT2D eigenvalue weighted by molar-refractivity contribution is 5.87. The first-order valence-corrected chi connectivity index (χ1v) is 7.24. The van der Waals surface area contributed by atoms with Gasteiger partial charge in [0.1, 0.15) is 0 Å². The van der Waals surface area contributed by atoms with Crippen molar-refractivity contribution in [1.29, 1.82) is 0 Å². The minimum absolute atomic E-state index is 0.798. The third-order valence-corrected chi connectivity index (χ3v) is 3.03. The van der Waals surface area contributed by atoms with Crippen LogP contribution in [0, 0.1) is 6.92 Å². The molecule has 2 aromatic carbocycles. The van der Waals surface area contributed by atoms with E-state index in [0.29, 0.717) is 0 Å². The Morgan fingerprint density at radius 2 is 1.64 bits per heavy atom. The van der Waals surface area contributed by atoms with Gasteiger partial charge in [-0.25, -0.2) is 0 Å². The van der Waals surface area contributed by atoms with Crippen molar-refractivity contribution in [3.63, 3.8) is 0 Å². The second-order valence-corrected chi connectivity index (χ2v) is 5.02. The highest BCUT2D eigenvalue weighted by Crippen LogP contribution is 2.18. The maximum Gasteiger partial charge on any atom is 0.0658 e. The highest BCUT2D eigenvalue weighted by atomic mass is 14.7. The van der Waals surface area contributed by atoms with Gasteiger partial charge >= 0.3 is 0 Å². The molecular formula is C20H24N2. The van der Waals surface area contributed by atoms with Crippen molar-refractivity contribution in [2.75, 3.05) is 5.73 Å². The van der Waals surface area contributed by atoms with Crippen LogP contribution in [0.25, 0.3) is 0 Å². The Kier molecular flexibility index (Phi) is 7.41. The van der Waals surface area contributed by atoms with Crippen molar-refractivity contribution in [2.24, 2.45) is 4.99 Å². The van der Waals surface area contributed by atoms with Crippen molar-refractivity contribution in [1.82, 2.24) is 0 Å². The van der Waals surface area contributed by atoms with E-state index in [0.717, 1.165) is 23.5 Å². The summed E-state index contributed by atoms with van der Waals surface area (Å²) in [7, 11) is 0. The molecule has 2 N–H and O–H groups in total. The van der Waals surface area contributed by atoms with Crippen molar-refractivity contribution in [3.05, 3.63) is 85.0 Å². The van der Waals surface area contributed by atoms with Crippen molar-refractivity contribution in [2.45, 2.75) is 20.3 Å². The Morgan fingerprint density at radius 1 is 1.05 bits per heavy atom. The number of allylic oxidation sites excluding steroid dienone is 2. The van der Waals surface area contributed by atoms with E-state index >= 15 is 0 Å². The maximum absolute atomic E-state index is 5.67. The van der Waals surface area contributed by atoms with Gasteiger partial charge in [0.25, 0.3) is 0 Å². The van der Waals surface area contributed by atoms with Crippen LogP contribution in [0.3, 0.4) is 0 Å². The van der Waals surface area contributed by atoms with Gasteiger partial charge < -0.3 is 5.73 Å². The van der Waals surface area contributed by atoms with E-state index in [1.807, 2.05) is 42.5 Å². The quantitative estimate of drug-likeness (QED) is 0.465. The Bertz CT molecular complexity index is 631. The standard InChI is InChI=1S/C16H18N2.C4H6/c1-12-5-3-4-6-16(12)18-13(2)11-14-7-9-15(17)10-8-14;1-3-4-2/h3-10H,11,17H2,1-2H3;3-4H,1-2H2. The summed E-state index contributed by atoms with van der Waals surface area (Å²) in [5, 5.41) is 0. The Morgan fingerprint density at radius 3 is 2.18 bits per heavy atom.